The van der Waals surface area contributed by atoms with Gasteiger partial charge in [0.05, 0.1) is 28.2 Å². The maximum absolute atomic E-state index is 12.6. The molecule has 0 atom stereocenters. The number of hydrogen-bond donors (Lipinski definition) is 0. The molecule has 0 bridgehead atoms. The van der Waals surface area contributed by atoms with Crippen LogP contribution in [-0.4, -0.2) is 52.2 Å². The molecule has 0 radical (unpaired) electrons. The molecule has 0 amide bonds. The molecule has 2 aromatic carbocycles. The number of halogens is 2. The largest absolute Gasteiger partial charge is 0.490 e. The van der Waals surface area contributed by atoms with E-state index in [2.05, 4.69) is 0 Å². The van der Waals surface area contributed by atoms with Crippen molar-refractivity contribution in [2.24, 2.45) is 0 Å². The van der Waals surface area contributed by atoms with Gasteiger partial charge in [0.2, 0.25) is 10.0 Å². The molecule has 3 rings (SSSR count). The fourth-order valence-electron chi connectivity index (χ4n) is 2.57. The zero-order valence-electron chi connectivity index (χ0n) is 14.4. The molecule has 6 nitrogen and oxygen atoms in total. The van der Waals surface area contributed by atoms with Crippen LogP contribution >= 0.6 is 23.2 Å². The van der Waals surface area contributed by atoms with E-state index in [-0.39, 0.29) is 18.1 Å². The molecule has 1 aliphatic rings. The van der Waals surface area contributed by atoms with Gasteiger partial charge in [0.25, 0.3) is 0 Å². The molecule has 0 spiro atoms. The number of morpholine rings is 1. The molecule has 0 aromatic heterocycles. The van der Waals surface area contributed by atoms with Crippen LogP contribution in [-0.2, 0) is 14.8 Å². The fourth-order valence-corrected chi connectivity index (χ4v) is 4.48. The lowest BCUT2D eigenvalue weighted by molar-refractivity contribution is 0.0730. The van der Waals surface area contributed by atoms with Gasteiger partial charge in [0, 0.05) is 13.1 Å². The van der Waals surface area contributed by atoms with Crippen LogP contribution in [0.5, 0.6) is 11.5 Å². The summed E-state index contributed by atoms with van der Waals surface area (Å²) in [4.78, 5) is 0.232. The third kappa shape index (κ3) is 5.06. The monoisotopic (exact) mass is 431 g/mol. The van der Waals surface area contributed by atoms with Crippen LogP contribution in [0.2, 0.25) is 10.0 Å². The molecule has 0 saturated carbocycles. The first-order valence-corrected chi connectivity index (χ1v) is 10.6. The van der Waals surface area contributed by atoms with E-state index in [0.717, 1.165) is 0 Å². The Morgan fingerprint density at radius 3 is 2.15 bits per heavy atom. The molecule has 9 heteroatoms. The van der Waals surface area contributed by atoms with Crippen LogP contribution in [0.25, 0.3) is 0 Å². The number of hydrogen-bond acceptors (Lipinski definition) is 5. The van der Waals surface area contributed by atoms with Gasteiger partial charge in [-0.2, -0.15) is 4.31 Å². The zero-order chi connectivity index (χ0) is 19.3. The highest BCUT2D eigenvalue weighted by Crippen LogP contribution is 2.32. The molecule has 0 aliphatic carbocycles. The fraction of sp³-hybridized carbons (Fsp3) is 0.333. The summed E-state index contributed by atoms with van der Waals surface area (Å²) < 4.78 is 42.9. The number of nitrogens with zero attached hydrogens (tertiary/aromatic N) is 1. The van der Waals surface area contributed by atoms with Gasteiger partial charge >= 0.3 is 0 Å². The first-order valence-electron chi connectivity index (χ1n) is 8.36. The summed E-state index contributed by atoms with van der Waals surface area (Å²) in [6, 6.07) is 11.4. The van der Waals surface area contributed by atoms with E-state index in [9.17, 15) is 8.42 Å². The Bertz CT molecular complexity index is 848. The van der Waals surface area contributed by atoms with E-state index in [4.69, 9.17) is 37.4 Å². The molecule has 146 valence electrons. The second-order valence-corrected chi connectivity index (χ2v) is 8.49. The van der Waals surface area contributed by atoms with Crippen molar-refractivity contribution >= 4 is 33.2 Å². The predicted molar refractivity (Wildman–Crippen MR) is 103 cm³/mol. The van der Waals surface area contributed by atoms with E-state index in [1.54, 1.807) is 30.3 Å². The summed E-state index contributed by atoms with van der Waals surface area (Å²) in [6.07, 6.45) is 0. The summed E-state index contributed by atoms with van der Waals surface area (Å²) in [5.41, 5.74) is 0. The molecular formula is C18H19Cl2NO5S. The predicted octanol–water partition coefficient (Wildman–Crippen LogP) is 3.47. The summed E-state index contributed by atoms with van der Waals surface area (Å²) >= 11 is 12.1. The summed E-state index contributed by atoms with van der Waals surface area (Å²) in [6.45, 7) is 2.06. The highest BCUT2D eigenvalue weighted by Gasteiger charge is 2.26. The minimum atomic E-state index is -3.51. The average Bonchev–Trinajstić information content (AvgIpc) is 2.68. The maximum atomic E-state index is 12.6. The van der Waals surface area contributed by atoms with Gasteiger partial charge in [-0.15, -0.1) is 0 Å². The molecule has 2 aromatic rings. The number of rotatable bonds is 7. The number of ether oxygens (including phenoxy) is 3. The molecular weight excluding hydrogens is 413 g/mol. The third-order valence-corrected chi connectivity index (χ3v) is 6.46. The van der Waals surface area contributed by atoms with Gasteiger partial charge in [-0.1, -0.05) is 29.3 Å². The Labute approximate surface area is 168 Å². The summed E-state index contributed by atoms with van der Waals surface area (Å²) in [7, 11) is -3.51. The van der Waals surface area contributed by atoms with Crippen molar-refractivity contribution in [2.45, 2.75) is 4.90 Å². The molecule has 1 saturated heterocycles. The minimum Gasteiger partial charge on any atom is -0.490 e. The van der Waals surface area contributed by atoms with E-state index < -0.39 is 10.0 Å². The van der Waals surface area contributed by atoms with Crippen molar-refractivity contribution in [1.82, 2.24) is 4.31 Å². The van der Waals surface area contributed by atoms with E-state index >= 15 is 0 Å². The zero-order valence-corrected chi connectivity index (χ0v) is 16.8. The van der Waals surface area contributed by atoms with Crippen molar-refractivity contribution in [1.29, 1.82) is 0 Å². The molecule has 0 unspecified atom stereocenters. The van der Waals surface area contributed by atoms with Gasteiger partial charge in [0.1, 0.15) is 19.0 Å². The van der Waals surface area contributed by atoms with Crippen molar-refractivity contribution < 1.29 is 22.6 Å². The second kappa shape index (κ2) is 9.12. The van der Waals surface area contributed by atoms with Crippen LogP contribution in [0.15, 0.2) is 47.4 Å². The smallest absolute Gasteiger partial charge is 0.243 e. The van der Waals surface area contributed by atoms with Crippen molar-refractivity contribution in [2.75, 3.05) is 39.5 Å². The highest BCUT2D eigenvalue weighted by atomic mass is 35.5. The van der Waals surface area contributed by atoms with Gasteiger partial charge < -0.3 is 14.2 Å². The Balaban J connectivity index is 1.53. The van der Waals surface area contributed by atoms with E-state index in [1.165, 1.54) is 16.4 Å². The standard InChI is InChI=1S/C18H19Cl2NO5S/c19-16-2-1-3-17(20)18(16)26-13-12-25-14-4-6-15(7-5-14)27(22,23)21-8-10-24-11-9-21/h1-7H,8-13H2. The van der Waals surface area contributed by atoms with Crippen LogP contribution in [0.3, 0.4) is 0 Å². The van der Waals surface area contributed by atoms with Gasteiger partial charge in [0.15, 0.2) is 5.75 Å². The highest BCUT2D eigenvalue weighted by molar-refractivity contribution is 7.89. The first-order chi connectivity index (χ1) is 13.0. The van der Waals surface area contributed by atoms with Gasteiger partial charge in [-0.3, -0.25) is 0 Å². The Morgan fingerprint density at radius 1 is 0.926 bits per heavy atom. The summed E-state index contributed by atoms with van der Waals surface area (Å²) in [5.74, 6) is 0.959. The molecule has 1 aliphatic heterocycles. The Hall–Kier alpha value is -1.51. The van der Waals surface area contributed by atoms with Crippen LogP contribution in [0.4, 0.5) is 0 Å². The lowest BCUT2D eigenvalue weighted by atomic mass is 10.3. The Kier molecular flexibility index (Phi) is 6.83. The lowest BCUT2D eigenvalue weighted by Gasteiger charge is -2.26. The molecule has 27 heavy (non-hydrogen) atoms. The van der Waals surface area contributed by atoms with Gasteiger partial charge in [-0.25, -0.2) is 8.42 Å². The maximum Gasteiger partial charge on any atom is 0.243 e. The first kappa shape index (κ1) is 20.2. The molecule has 0 N–H and O–H groups in total. The van der Waals surface area contributed by atoms with Crippen LogP contribution < -0.4 is 9.47 Å². The van der Waals surface area contributed by atoms with Crippen molar-refractivity contribution in [3.63, 3.8) is 0 Å². The quantitative estimate of drug-likeness (QED) is 0.627. The molecule has 1 fully saturated rings. The minimum absolute atomic E-state index is 0.232. The topological polar surface area (TPSA) is 65.1 Å². The van der Waals surface area contributed by atoms with E-state index in [1.807, 2.05) is 0 Å². The number of benzene rings is 2. The number of sulfonamides is 1. The van der Waals surface area contributed by atoms with Crippen molar-refractivity contribution in [3.8, 4) is 11.5 Å². The summed E-state index contributed by atoms with van der Waals surface area (Å²) in [5, 5.41) is 0.861. The third-order valence-electron chi connectivity index (χ3n) is 3.95. The molecule has 1 heterocycles. The van der Waals surface area contributed by atoms with Crippen LogP contribution in [0, 0.1) is 0 Å². The Morgan fingerprint density at radius 2 is 1.52 bits per heavy atom. The number of para-hydroxylation sites is 1. The normalized spacial score (nSPS) is 15.5. The van der Waals surface area contributed by atoms with Crippen LogP contribution in [0.1, 0.15) is 0 Å². The van der Waals surface area contributed by atoms with E-state index in [0.29, 0.717) is 47.8 Å². The SMILES string of the molecule is O=S(=O)(c1ccc(OCCOc2c(Cl)cccc2Cl)cc1)N1CCOCC1. The van der Waals surface area contributed by atoms with Gasteiger partial charge in [-0.05, 0) is 36.4 Å². The second-order valence-electron chi connectivity index (χ2n) is 5.74. The average molecular weight is 432 g/mol. The van der Waals surface area contributed by atoms with Crippen molar-refractivity contribution in [3.05, 3.63) is 52.5 Å². The lowest BCUT2D eigenvalue weighted by Crippen LogP contribution is -2.40.